The first-order valence-corrected chi connectivity index (χ1v) is 28.2. The van der Waals surface area contributed by atoms with Crippen LogP contribution in [0.1, 0.15) is 5.56 Å². The lowest BCUT2D eigenvalue weighted by molar-refractivity contribution is 1.13. The first-order valence-electron chi connectivity index (χ1n) is 27.4. The van der Waals surface area contributed by atoms with Gasteiger partial charge in [0.25, 0.3) is 0 Å². The fraction of sp³-hybridized carbons (Fsp3) is 0. The van der Waals surface area contributed by atoms with E-state index in [1.54, 1.807) is 11.3 Å². The van der Waals surface area contributed by atoms with Crippen molar-refractivity contribution in [1.29, 1.82) is 5.26 Å². The maximum atomic E-state index is 11.7. The topological polar surface area (TPSA) is 51.1 Å². The summed E-state index contributed by atoms with van der Waals surface area (Å²) in [5, 5.41) is 22.9. The van der Waals surface area contributed by atoms with Gasteiger partial charge in [-0.15, -0.1) is 11.3 Å². The highest BCUT2D eigenvalue weighted by Gasteiger charge is 2.27. The van der Waals surface area contributed by atoms with E-state index in [0.29, 0.717) is 22.6 Å². The first kappa shape index (κ1) is 45.8. The highest BCUT2D eigenvalue weighted by Crippen LogP contribution is 2.48. The third-order valence-corrected chi connectivity index (χ3v) is 17.9. The molecule has 0 N–H and O–H groups in total. The van der Waals surface area contributed by atoms with Crippen LogP contribution in [0.25, 0.3) is 135 Å². The number of hydrogen-bond acceptors (Lipinski definition) is 3. The number of thiophene rings is 1. The molecule has 0 spiro atoms. The van der Waals surface area contributed by atoms with Crippen molar-refractivity contribution < 1.29 is 0 Å². The average Bonchev–Trinajstić information content (AvgIpc) is 4.29. The van der Waals surface area contributed by atoms with Crippen molar-refractivity contribution in [3.63, 3.8) is 0 Å². The third kappa shape index (κ3) is 6.56. The van der Waals surface area contributed by atoms with Gasteiger partial charge in [-0.1, -0.05) is 140 Å². The van der Waals surface area contributed by atoms with Gasteiger partial charge in [0.05, 0.1) is 67.6 Å². The second-order valence-electron chi connectivity index (χ2n) is 21.0. The van der Waals surface area contributed by atoms with Gasteiger partial charge in [0, 0.05) is 91.7 Å². The smallest absolute Gasteiger partial charge is 0.212 e. The molecule has 5 heterocycles. The lowest BCUT2D eigenvalue weighted by atomic mass is 10.1. The Hall–Kier alpha value is -11.2. The number of nitriles is 1. The van der Waals surface area contributed by atoms with E-state index >= 15 is 0 Å². The second-order valence-corrected chi connectivity index (χ2v) is 22.1. The molecule has 0 saturated heterocycles. The Morgan fingerprint density at radius 3 is 1.54 bits per heavy atom. The number of hydrogen-bond donors (Lipinski definition) is 0. The van der Waals surface area contributed by atoms with Crippen LogP contribution < -0.4 is 4.90 Å². The molecule has 82 heavy (non-hydrogen) atoms. The highest BCUT2D eigenvalue weighted by molar-refractivity contribution is 7.25. The summed E-state index contributed by atoms with van der Waals surface area (Å²) in [4.78, 5) is 6.74. The summed E-state index contributed by atoms with van der Waals surface area (Å²) in [6.45, 7) is 9.20. The minimum absolute atomic E-state index is 0.422. The van der Waals surface area contributed by atoms with Crippen LogP contribution in [-0.2, 0) is 0 Å². The fourth-order valence-electron chi connectivity index (χ4n) is 13.3. The van der Waals surface area contributed by atoms with Crippen molar-refractivity contribution in [1.82, 2.24) is 18.3 Å². The predicted molar refractivity (Wildman–Crippen MR) is 342 cm³/mol. The molecule has 0 atom stereocenters. The normalized spacial score (nSPS) is 11.9. The molecule has 0 amide bonds. The number of fused-ring (bicyclic) bond motifs is 16. The van der Waals surface area contributed by atoms with Crippen LogP contribution in [0.3, 0.4) is 0 Å². The summed E-state index contributed by atoms with van der Waals surface area (Å²) in [5.41, 5.74) is 15.4. The van der Waals surface area contributed by atoms with E-state index < -0.39 is 0 Å². The Kier molecular flexibility index (Phi) is 9.88. The summed E-state index contributed by atoms with van der Waals surface area (Å²) in [6.07, 6.45) is 0. The monoisotopic (exact) mass is 1060 g/mol. The number of para-hydroxylation sites is 6. The standard InChI is InChI=1S/C74H43N7S/c1-76-62-43-68(80-66-37-34-51(78-63-29-15-11-25-52(63)53-26-12-16-30-64(53)78)41-59(66)60-42-61-55-28-14-18-32-71(55)82-72(61)44-69(60)80)46(45-75)39-70(62)81-67-38-33-50(77(47-19-5-2-6-20-47)48-21-7-3-8-22-48)40-58(67)57-36-35-56-54-27-13-17-31-65(54)79(73(56)74(57)81)49-23-9-4-10-24-49/h2-44H. The number of anilines is 3. The Labute approximate surface area is 473 Å². The molecule has 0 unspecified atom stereocenters. The van der Waals surface area contributed by atoms with E-state index in [9.17, 15) is 11.8 Å². The summed E-state index contributed by atoms with van der Waals surface area (Å²) in [7, 11) is 0. The first-order chi connectivity index (χ1) is 40.6. The molecule has 17 rings (SSSR count). The fourth-order valence-corrected chi connectivity index (χ4v) is 14.4. The van der Waals surface area contributed by atoms with Gasteiger partial charge in [-0.25, -0.2) is 4.85 Å². The van der Waals surface area contributed by atoms with Gasteiger partial charge in [-0.3, -0.25) is 0 Å². The summed E-state index contributed by atoms with van der Waals surface area (Å²) in [6, 6.07) is 95.0. The van der Waals surface area contributed by atoms with Crippen molar-refractivity contribution in [2.45, 2.75) is 0 Å². The number of benzene rings is 12. The third-order valence-electron chi connectivity index (χ3n) is 16.7. The van der Waals surface area contributed by atoms with Crippen molar-refractivity contribution in [2.75, 3.05) is 4.90 Å². The average molecular weight is 1060 g/mol. The summed E-state index contributed by atoms with van der Waals surface area (Å²) >= 11 is 1.78. The molecule has 0 radical (unpaired) electrons. The molecule has 0 aliphatic heterocycles. The van der Waals surface area contributed by atoms with Gasteiger partial charge < -0.3 is 23.2 Å². The SMILES string of the molecule is [C-]#[N+]c1cc(-n2c3ccc(-n4c5ccccc5c5ccccc54)cc3c3cc4c(cc32)sc2ccccc24)c(C#N)cc1-n1c2ccc(N(c3ccccc3)c3ccccc3)cc2c2ccc3c4ccccc4n(-c4ccccc4)c3c21. The van der Waals surface area contributed by atoms with Crippen LogP contribution in [0.2, 0.25) is 0 Å². The van der Waals surface area contributed by atoms with Crippen LogP contribution in [0.15, 0.2) is 261 Å². The molecule has 17 aromatic rings. The molecular weight excluding hydrogens is 1020 g/mol. The molecule has 0 fully saturated rings. The number of nitrogens with zero attached hydrogens (tertiary/aromatic N) is 7. The molecular formula is C74H43N7S. The summed E-state index contributed by atoms with van der Waals surface area (Å²) < 4.78 is 11.6. The molecule has 0 aliphatic rings. The van der Waals surface area contributed by atoms with Gasteiger partial charge in [0.2, 0.25) is 5.69 Å². The largest absolute Gasteiger partial charge is 0.317 e. The summed E-state index contributed by atoms with van der Waals surface area (Å²) in [5.74, 6) is 0. The van der Waals surface area contributed by atoms with Crippen LogP contribution in [0, 0.1) is 17.9 Å². The molecule has 0 saturated carbocycles. The highest BCUT2D eigenvalue weighted by atomic mass is 32.1. The Morgan fingerprint density at radius 1 is 0.341 bits per heavy atom. The van der Waals surface area contributed by atoms with Crippen LogP contribution >= 0.6 is 11.3 Å². The second kappa shape index (κ2) is 17.7. The Balaban J connectivity index is 0.962. The molecule has 0 aliphatic carbocycles. The molecule has 380 valence electrons. The minimum Gasteiger partial charge on any atom is -0.317 e. The molecule has 5 aromatic heterocycles. The molecule has 0 bridgehead atoms. The minimum atomic E-state index is 0.422. The molecule has 8 heteroatoms. The van der Waals surface area contributed by atoms with Crippen LogP contribution in [-0.4, -0.2) is 18.3 Å². The van der Waals surface area contributed by atoms with Crippen molar-refractivity contribution in [2.24, 2.45) is 0 Å². The number of rotatable bonds is 7. The lowest BCUT2D eigenvalue weighted by Gasteiger charge is -2.25. The molecule has 12 aromatic carbocycles. The van der Waals surface area contributed by atoms with Crippen LogP contribution in [0.4, 0.5) is 22.7 Å². The van der Waals surface area contributed by atoms with E-state index in [2.05, 4.69) is 271 Å². The van der Waals surface area contributed by atoms with Gasteiger partial charge in [0.1, 0.15) is 6.07 Å². The van der Waals surface area contributed by atoms with Crippen molar-refractivity contribution >= 4 is 141 Å². The van der Waals surface area contributed by atoms with E-state index in [1.165, 1.54) is 26.2 Å². The number of aromatic nitrogens is 4. The van der Waals surface area contributed by atoms with Gasteiger partial charge in [0.15, 0.2) is 0 Å². The van der Waals surface area contributed by atoms with E-state index in [4.69, 9.17) is 0 Å². The van der Waals surface area contributed by atoms with E-state index in [0.717, 1.165) is 110 Å². The van der Waals surface area contributed by atoms with E-state index in [1.807, 2.05) is 24.3 Å². The zero-order chi connectivity index (χ0) is 54.2. The maximum absolute atomic E-state index is 11.7. The van der Waals surface area contributed by atoms with E-state index in [-0.39, 0.29) is 0 Å². The van der Waals surface area contributed by atoms with Crippen molar-refractivity contribution in [3.05, 3.63) is 278 Å². The zero-order valence-corrected chi connectivity index (χ0v) is 44.7. The predicted octanol–water partition coefficient (Wildman–Crippen LogP) is 20.3. The van der Waals surface area contributed by atoms with Gasteiger partial charge in [-0.2, -0.15) is 5.26 Å². The van der Waals surface area contributed by atoms with Gasteiger partial charge >= 0.3 is 0 Å². The quantitative estimate of drug-likeness (QED) is 0.149. The van der Waals surface area contributed by atoms with Crippen LogP contribution in [0.5, 0.6) is 0 Å². The molecule has 7 nitrogen and oxygen atoms in total. The maximum Gasteiger partial charge on any atom is 0.212 e. The van der Waals surface area contributed by atoms with Gasteiger partial charge in [-0.05, 0) is 121 Å². The van der Waals surface area contributed by atoms with Crippen molar-refractivity contribution in [3.8, 4) is 28.8 Å². The Bertz CT molecular complexity index is 5520. The Morgan fingerprint density at radius 2 is 0.866 bits per heavy atom. The zero-order valence-electron chi connectivity index (χ0n) is 43.9. The lowest BCUT2D eigenvalue weighted by Crippen LogP contribution is -2.09.